The summed E-state index contributed by atoms with van der Waals surface area (Å²) in [7, 11) is 0. The minimum atomic E-state index is -1.24. The van der Waals surface area contributed by atoms with Crippen LogP contribution in [0, 0.1) is 0 Å². The number of Topliss-reactive ketones (excluding diaryl/α,β-unsaturated/α-hetero) is 1. The lowest BCUT2D eigenvalue weighted by Gasteiger charge is -2.21. The Balaban J connectivity index is 2.03. The van der Waals surface area contributed by atoms with Gasteiger partial charge in [-0.1, -0.05) is 24.3 Å². The third kappa shape index (κ3) is 3.28. The number of fused-ring (bicyclic) bond motifs is 1. The van der Waals surface area contributed by atoms with Crippen molar-refractivity contribution in [1.82, 2.24) is 0 Å². The number of rotatable bonds is 5. The Labute approximate surface area is 152 Å². The minimum Gasteiger partial charge on any atom is -0.478 e. The first-order chi connectivity index (χ1) is 12.5. The van der Waals surface area contributed by atoms with Crippen molar-refractivity contribution in [3.05, 3.63) is 71.3 Å². The van der Waals surface area contributed by atoms with E-state index in [0.29, 0.717) is 22.5 Å². The van der Waals surface area contributed by atoms with Crippen LogP contribution in [0.2, 0.25) is 0 Å². The van der Waals surface area contributed by atoms with E-state index in [2.05, 4.69) is 23.7 Å². The lowest BCUT2D eigenvalue weighted by Crippen LogP contribution is -2.22. The highest BCUT2D eigenvalue weighted by Gasteiger charge is 2.28. The van der Waals surface area contributed by atoms with E-state index in [-0.39, 0.29) is 5.57 Å². The molecular formula is C21H20N2O3. The molecule has 26 heavy (non-hydrogen) atoms. The number of hydrogen-bond donors (Lipinski definition) is 1. The molecule has 0 fully saturated rings. The molecule has 0 aliphatic heterocycles. The van der Waals surface area contributed by atoms with Gasteiger partial charge in [0.1, 0.15) is 5.57 Å². The Kier molecular flexibility index (Phi) is 4.98. The number of anilines is 1. The Hall–Kier alpha value is -3.21. The Bertz CT molecular complexity index is 907. The first kappa shape index (κ1) is 17.6. The molecule has 3 rings (SSSR count). The van der Waals surface area contributed by atoms with Gasteiger partial charge in [-0.15, -0.1) is 0 Å². The summed E-state index contributed by atoms with van der Waals surface area (Å²) in [6.45, 7) is 6.05. The van der Waals surface area contributed by atoms with E-state index >= 15 is 0 Å². The second kappa shape index (κ2) is 7.35. The fraction of sp³-hybridized carbons (Fsp3) is 0.190. The van der Waals surface area contributed by atoms with E-state index < -0.39 is 11.8 Å². The van der Waals surface area contributed by atoms with Gasteiger partial charge in [0.2, 0.25) is 5.78 Å². The molecule has 0 saturated heterocycles. The SMILES string of the molecule is CCN(CC)c1ccc(N=C2C=C(C(=O)O)C(=O)c3ccccc32)cc1. The van der Waals surface area contributed by atoms with Crippen LogP contribution in [-0.2, 0) is 4.79 Å². The number of carboxylic acid groups (broad SMARTS) is 1. The average molecular weight is 348 g/mol. The number of carboxylic acids is 1. The fourth-order valence-corrected chi connectivity index (χ4v) is 3.05. The van der Waals surface area contributed by atoms with Gasteiger partial charge in [0, 0.05) is 29.9 Å². The van der Waals surface area contributed by atoms with Crippen molar-refractivity contribution >= 4 is 28.8 Å². The molecule has 0 bridgehead atoms. The van der Waals surface area contributed by atoms with Crippen molar-refractivity contribution in [2.75, 3.05) is 18.0 Å². The Morgan fingerprint density at radius 2 is 1.62 bits per heavy atom. The van der Waals surface area contributed by atoms with Crippen LogP contribution >= 0.6 is 0 Å². The summed E-state index contributed by atoms with van der Waals surface area (Å²) in [6.07, 6.45) is 1.35. The second-order valence-corrected chi connectivity index (χ2v) is 5.92. The molecule has 0 radical (unpaired) electrons. The molecule has 132 valence electrons. The third-order valence-corrected chi connectivity index (χ3v) is 4.43. The number of carbonyl (C=O) groups excluding carboxylic acids is 1. The van der Waals surface area contributed by atoms with E-state index in [1.165, 1.54) is 6.08 Å². The van der Waals surface area contributed by atoms with Crippen LogP contribution in [0.4, 0.5) is 11.4 Å². The smallest absolute Gasteiger partial charge is 0.339 e. The summed E-state index contributed by atoms with van der Waals surface area (Å²) in [6, 6.07) is 14.7. The molecule has 2 aromatic rings. The first-order valence-electron chi connectivity index (χ1n) is 8.58. The standard InChI is InChI=1S/C21H20N2O3/c1-3-23(4-2)15-11-9-14(10-12-15)22-19-13-18(21(25)26)20(24)17-8-6-5-7-16(17)19/h5-13H,3-4H2,1-2H3,(H,25,26). The lowest BCUT2D eigenvalue weighted by atomic mass is 9.89. The Morgan fingerprint density at radius 3 is 2.19 bits per heavy atom. The number of aliphatic carboxylic acids is 1. The van der Waals surface area contributed by atoms with Gasteiger partial charge in [-0.25, -0.2) is 9.79 Å². The zero-order valence-corrected chi connectivity index (χ0v) is 14.8. The number of benzene rings is 2. The summed E-state index contributed by atoms with van der Waals surface area (Å²) in [5.41, 5.74) is 3.05. The molecule has 0 atom stereocenters. The lowest BCUT2D eigenvalue weighted by molar-refractivity contribution is -0.132. The molecule has 1 N–H and O–H groups in total. The van der Waals surface area contributed by atoms with Crippen molar-refractivity contribution in [2.45, 2.75) is 13.8 Å². The number of aliphatic imine (C=N–C) groups is 1. The maximum Gasteiger partial charge on any atom is 0.339 e. The highest BCUT2D eigenvalue weighted by atomic mass is 16.4. The Morgan fingerprint density at radius 1 is 1.00 bits per heavy atom. The maximum absolute atomic E-state index is 12.3. The van der Waals surface area contributed by atoms with Crippen molar-refractivity contribution in [2.24, 2.45) is 4.99 Å². The maximum atomic E-state index is 12.3. The van der Waals surface area contributed by atoms with Crippen LogP contribution in [0.25, 0.3) is 0 Å². The molecule has 0 heterocycles. The summed E-state index contributed by atoms with van der Waals surface area (Å²) in [5.74, 6) is -1.72. The van der Waals surface area contributed by atoms with Crippen LogP contribution in [0.5, 0.6) is 0 Å². The van der Waals surface area contributed by atoms with E-state index in [4.69, 9.17) is 0 Å². The molecule has 0 amide bonds. The predicted octanol–water partition coefficient (Wildman–Crippen LogP) is 3.86. The quantitative estimate of drug-likeness (QED) is 0.833. The number of carbonyl (C=O) groups is 2. The van der Waals surface area contributed by atoms with Crippen molar-refractivity contribution < 1.29 is 14.7 Å². The number of hydrogen-bond acceptors (Lipinski definition) is 4. The van der Waals surface area contributed by atoms with Crippen LogP contribution in [0.1, 0.15) is 29.8 Å². The van der Waals surface area contributed by atoms with Gasteiger partial charge in [0.25, 0.3) is 0 Å². The molecule has 1 aliphatic carbocycles. The van der Waals surface area contributed by atoms with Crippen LogP contribution in [0.3, 0.4) is 0 Å². The van der Waals surface area contributed by atoms with Crippen LogP contribution < -0.4 is 4.90 Å². The highest BCUT2D eigenvalue weighted by molar-refractivity contribution is 6.34. The molecule has 2 aromatic carbocycles. The zero-order valence-electron chi connectivity index (χ0n) is 14.8. The minimum absolute atomic E-state index is 0.262. The van der Waals surface area contributed by atoms with Crippen molar-refractivity contribution in [3.63, 3.8) is 0 Å². The van der Waals surface area contributed by atoms with Gasteiger partial charge >= 0.3 is 5.97 Å². The number of nitrogens with zero attached hydrogens (tertiary/aromatic N) is 2. The predicted molar refractivity (Wildman–Crippen MR) is 103 cm³/mol. The summed E-state index contributed by atoms with van der Waals surface area (Å²) in [5, 5.41) is 9.32. The van der Waals surface area contributed by atoms with Crippen molar-refractivity contribution in [3.8, 4) is 0 Å². The fourth-order valence-electron chi connectivity index (χ4n) is 3.05. The summed E-state index contributed by atoms with van der Waals surface area (Å²) < 4.78 is 0. The largest absolute Gasteiger partial charge is 0.478 e. The average Bonchev–Trinajstić information content (AvgIpc) is 2.66. The van der Waals surface area contributed by atoms with Crippen LogP contribution in [-0.4, -0.2) is 35.7 Å². The van der Waals surface area contributed by atoms with Gasteiger partial charge in [-0.05, 0) is 44.2 Å². The molecule has 5 nitrogen and oxygen atoms in total. The molecule has 5 heteroatoms. The van der Waals surface area contributed by atoms with Gasteiger partial charge in [-0.2, -0.15) is 0 Å². The molecule has 0 unspecified atom stereocenters. The molecule has 0 spiro atoms. The zero-order chi connectivity index (χ0) is 18.7. The molecular weight excluding hydrogens is 328 g/mol. The van der Waals surface area contributed by atoms with E-state index in [9.17, 15) is 14.7 Å². The topological polar surface area (TPSA) is 70.0 Å². The van der Waals surface area contributed by atoms with Gasteiger partial charge in [0.05, 0.1) is 11.4 Å². The second-order valence-electron chi connectivity index (χ2n) is 5.92. The van der Waals surface area contributed by atoms with Gasteiger partial charge < -0.3 is 10.0 Å². The molecule has 1 aliphatic rings. The van der Waals surface area contributed by atoms with E-state index in [1.807, 2.05) is 30.3 Å². The monoisotopic (exact) mass is 348 g/mol. The van der Waals surface area contributed by atoms with E-state index in [1.54, 1.807) is 18.2 Å². The summed E-state index contributed by atoms with van der Waals surface area (Å²) in [4.78, 5) is 30.6. The van der Waals surface area contributed by atoms with Gasteiger partial charge in [-0.3, -0.25) is 4.79 Å². The third-order valence-electron chi connectivity index (χ3n) is 4.43. The van der Waals surface area contributed by atoms with Crippen molar-refractivity contribution in [1.29, 1.82) is 0 Å². The summed E-state index contributed by atoms with van der Waals surface area (Å²) >= 11 is 0. The van der Waals surface area contributed by atoms with Gasteiger partial charge in [0.15, 0.2) is 0 Å². The van der Waals surface area contributed by atoms with E-state index in [0.717, 1.165) is 18.8 Å². The van der Waals surface area contributed by atoms with Crippen LogP contribution in [0.15, 0.2) is 65.2 Å². The molecule has 0 saturated carbocycles. The molecule has 0 aromatic heterocycles. The highest BCUT2D eigenvalue weighted by Crippen LogP contribution is 2.26. The normalized spacial score (nSPS) is 14.8. The number of allylic oxidation sites excluding steroid dienone is 1. The number of ketones is 1. The first-order valence-corrected chi connectivity index (χ1v) is 8.58.